The molecule has 0 aliphatic carbocycles. The van der Waals surface area contributed by atoms with Gasteiger partial charge in [0, 0.05) is 18.4 Å². The zero-order chi connectivity index (χ0) is 34.3. The van der Waals surface area contributed by atoms with Gasteiger partial charge in [-0.1, -0.05) is 104 Å². The number of aromatic carboxylic acids is 2. The Morgan fingerprint density at radius 3 is 1.50 bits per heavy atom. The molecule has 1 aliphatic rings. The number of rotatable bonds is 14. The number of imide groups is 2. The average Bonchev–Trinajstić information content (AvgIpc) is 3.10. The maximum Gasteiger partial charge on any atom is 0.335 e. The number of hydrogen-bond acceptors (Lipinski definition) is 5. The lowest BCUT2D eigenvalue weighted by Gasteiger charge is -2.49. The predicted octanol–water partition coefficient (Wildman–Crippen LogP) is 6.69. The van der Waals surface area contributed by atoms with E-state index in [4.69, 9.17) is 0 Å². The van der Waals surface area contributed by atoms with E-state index in [0.29, 0.717) is 19.3 Å². The van der Waals surface area contributed by atoms with E-state index in [1.165, 1.54) is 12.1 Å². The predicted molar refractivity (Wildman–Crippen MR) is 180 cm³/mol. The average molecular weight is 647 g/mol. The fourth-order valence-corrected chi connectivity index (χ4v) is 7.12. The van der Waals surface area contributed by atoms with Gasteiger partial charge in [0.15, 0.2) is 0 Å². The molecule has 0 bridgehead atoms. The molecule has 9 nitrogen and oxygen atoms in total. The molecule has 0 radical (unpaired) electrons. The summed E-state index contributed by atoms with van der Waals surface area (Å²) in [5.74, 6) is -6.26. The number of nitrogens with zero attached hydrogens (tertiary/aromatic N) is 1. The zero-order valence-corrected chi connectivity index (χ0v) is 26.7. The van der Waals surface area contributed by atoms with Crippen molar-refractivity contribution in [1.82, 2.24) is 10.2 Å². The molecular weight excluding hydrogens is 608 g/mol. The van der Waals surface area contributed by atoms with Crippen LogP contribution in [-0.4, -0.2) is 51.4 Å². The summed E-state index contributed by atoms with van der Waals surface area (Å²) in [6.45, 7) is 1.82. The number of carbonyl (C=O) groups is 5. The van der Waals surface area contributed by atoms with Crippen molar-refractivity contribution in [2.45, 2.75) is 50.9 Å². The van der Waals surface area contributed by atoms with Crippen LogP contribution >= 0.6 is 0 Å². The molecule has 1 heterocycles. The summed E-state index contributed by atoms with van der Waals surface area (Å²) < 4.78 is 0. The molecule has 3 N–H and O–H groups in total. The normalized spacial score (nSPS) is 17.4. The molecule has 5 rings (SSSR count). The van der Waals surface area contributed by atoms with E-state index in [1.807, 2.05) is 60.7 Å². The first-order chi connectivity index (χ1) is 23.2. The first-order valence-electron chi connectivity index (χ1n) is 16.1. The lowest BCUT2D eigenvalue weighted by Crippen LogP contribution is -2.67. The van der Waals surface area contributed by atoms with Crippen LogP contribution < -0.4 is 5.32 Å². The molecule has 4 aromatic carbocycles. The molecule has 0 spiro atoms. The summed E-state index contributed by atoms with van der Waals surface area (Å²) in [5, 5.41) is 23.2. The van der Waals surface area contributed by atoms with Crippen molar-refractivity contribution in [2.24, 2.45) is 5.41 Å². The molecule has 1 fully saturated rings. The Bertz CT molecular complexity index is 1700. The van der Waals surface area contributed by atoms with E-state index in [0.717, 1.165) is 16.0 Å². The first-order valence-corrected chi connectivity index (χ1v) is 16.1. The van der Waals surface area contributed by atoms with Crippen molar-refractivity contribution < 1.29 is 34.2 Å². The number of urea groups is 1. The first kappa shape index (κ1) is 33.8. The van der Waals surface area contributed by atoms with Crippen LogP contribution in [0.15, 0.2) is 109 Å². The van der Waals surface area contributed by atoms with E-state index in [1.54, 1.807) is 43.3 Å². The van der Waals surface area contributed by atoms with Crippen molar-refractivity contribution in [1.29, 1.82) is 0 Å². The van der Waals surface area contributed by atoms with Crippen LogP contribution in [0.25, 0.3) is 0 Å². The Kier molecular flexibility index (Phi) is 10.5. The van der Waals surface area contributed by atoms with Gasteiger partial charge in [-0.15, -0.1) is 0 Å². The molecule has 2 atom stereocenters. The van der Waals surface area contributed by atoms with Gasteiger partial charge in [-0.2, -0.15) is 0 Å². The van der Waals surface area contributed by atoms with Crippen molar-refractivity contribution in [3.63, 3.8) is 0 Å². The molecular formula is C39H38N2O7. The van der Waals surface area contributed by atoms with Crippen molar-refractivity contribution in [3.8, 4) is 0 Å². The number of carbonyl (C=O) groups excluding carboxylic acids is 3. The highest BCUT2D eigenvalue weighted by Crippen LogP contribution is 2.55. The monoisotopic (exact) mass is 646 g/mol. The van der Waals surface area contributed by atoms with E-state index < -0.39 is 47.0 Å². The molecule has 246 valence electrons. The molecule has 9 heteroatoms. The van der Waals surface area contributed by atoms with E-state index in [9.17, 15) is 29.4 Å². The minimum absolute atomic E-state index is 0.0116. The Hall–Kier alpha value is -5.57. The standard InChI is InChI=1S/C39H38N2O7/c1-2-25-41-37(47)39(36(46)40-38(41)48,32(23-21-26-13-5-3-6-14-26)28-17-9-11-19-30(28)34(42)43)33(24-22-27-15-7-4-8-16-27)29-18-10-12-20-31(29)35(44)45/h3-20,32-33H,2,21-25H2,1H3,(H,42,43)(H,44,45)(H,40,46,48). The highest BCUT2D eigenvalue weighted by atomic mass is 16.4. The van der Waals surface area contributed by atoms with Gasteiger partial charge < -0.3 is 10.2 Å². The Balaban J connectivity index is 1.85. The fourth-order valence-electron chi connectivity index (χ4n) is 7.12. The minimum Gasteiger partial charge on any atom is -0.478 e. The summed E-state index contributed by atoms with van der Waals surface area (Å²) in [6.07, 6.45) is 1.45. The quantitative estimate of drug-likeness (QED) is 0.130. The van der Waals surface area contributed by atoms with Gasteiger partial charge in [-0.05, 0) is 66.5 Å². The van der Waals surface area contributed by atoms with Crippen LogP contribution in [0, 0.1) is 5.41 Å². The maximum atomic E-state index is 15.2. The van der Waals surface area contributed by atoms with Crippen molar-refractivity contribution in [3.05, 3.63) is 143 Å². The smallest absolute Gasteiger partial charge is 0.335 e. The third-order valence-electron chi connectivity index (χ3n) is 9.25. The minimum atomic E-state index is -2.11. The number of hydrogen-bond donors (Lipinski definition) is 3. The summed E-state index contributed by atoms with van der Waals surface area (Å²) >= 11 is 0. The number of barbiturate groups is 1. The Morgan fingerprint density at radius 2 is 1.08 bits per heavy atom. The van der Waals surface area contributed by atoms with Crippen LogP contribution in [0.3, 0.4) is 0 Å². The molecule has 1 saturated heterocycles. The van der Waals surface area contributed by atoms with E-state index in [2.05, 4.69) is 5.32 Å². The number of benzene rings is 4. The molecule has 4 aromatic rings. The largest absolute Gasteiger partial charge is 0.478 e. The topological polar surface area (TPSA) is 141 Å². The zero-order valence-electron chi connectivity index (χ0n) is 26.7. The van der Waals surface area contributed by atoms with Crippen molar-refractivity contribution in [2.75, 3.05) is 6.54 Å². The van der Waals surface area contributed by atoms with Crippen molar-refractivity contribution >= 4 is 29.8 Å². The van der Waals surface area contributed by atoms with Crippen LogP contribution in [0.4, 0.5) is 4.79 Å². The second kappa shape index (κ2) is 14.9. The maximum absolute atomic E-state index is 15.2. The van der Waals surface area contributed by atoms with E-state index >= 15 is 4.79 Å². The number of carboxylic acid groups (broad SMARTS) is 2. The second-order valence-corrected chi connectivity index (χ2v) is 12.0. The highest BCUT2D eigenvalue weighted by Gasteiger charge is 2.63. The summed E-state index contributed by atoms with van der Waals surface area (Å²) in [4.78, 5) is 69.9. The molecule has 4 amide bonds. The summed E-state index contributed by atoms with van der Waals surface area (Å²) in [6, 6.07) is 30.6. The van der Waals surface area contributed by atoms with Gasteiger partial charge in [-0.25, -0.2) is 14.4 Å². The number of nitrogens with one attached hydrogen (secondary N) is 1. The van der Waals surface area contributed by atoms with E-state index in [-0.39, 0.29) is 41.6 Å². The van der Waals surface area contributed by atoms with Gasteiger partial charge in [0.25, 0.3) is 0 Å². The highest BCUT2D eigenvalue weighted by molar-refractivity contribution is 6.20. The number of carboxylic acids is 2. The second-order valence-electron chi connectivity index (χ2n) is 12.0. The molecule has 2 unspecified atom stereocenters. The Morgan fingerprint density at radius 1 is 0.667 bits per heavy atom. The third kappa shape index (κ3) is 6.62. The Labute approximate surface area is 279 Å². The van der Waals surface area contributed by atoms with Gasteiger partial charge in [0.05, 0.1) is 11.1 Å². The van der Waals surface area contributed by atoms with Gasteiger partial charge in [0.1, 0.15) is 5.41 Å². The number of aryl methyl sites for hydroxylation is 2. The molecule has 1 aliphatic heterocycles. The van der Waals surface area contributed by atoms with Gasteiger partial charge in [0.2, 0.25) is 11.8 Å². The molecule has 0 aromatic heterocycles. The van der Waals surface area contributed by atoms with Gasteiger partial charge >= 0.3 is 18.0 Å². The van der Waals surface area contributed by atoms with Crippen LogP contribution in [-0.2, 0) is 22.4 Å². The van der Waals surface area contributed by atoms with Gasteiger partial charge in [-0.3, -0.25) is 19.8 Å². The number of amides is 4. The lowest BCUT2D eigenvalue weighted by atomic mass is 9.56. The third-order valence-corrected chi connectivity index (χ3v) is 9.25. The molecule has 0 saturated carbocycles. The lowest BCUT2D eigenvalue weighted by molar-refractivity contribution is -0.156. The van der Waals surface area contributed by atoms with Crippen LogP contribution in [0.5, 0.6) is 0 Å². The molecule has 48 heavy (non-hydrogen) atoms. The summed E-state index contributed by atoms with van der Waals surface area (Å²) in [7, 11) is 0. The van der Waals surface area contributed by atoms with Crippen LogP contribution in [0.2, 0.25) is 0 Å². The fraction of sp³-hybridized carbons (Fsp3) is 0.256. The SMILES string of the molecule is CCCN1C(=O)NC(=O)C(C(CCc2ccccc2)c2ccccc2C(=O)O)(C(CCc2ccccc2)c2ccccc2C(=O)O)C1=O. The summed E-state index contributed by atoms with van der Waals surface area (Å²) in [5.41, 5.74) is 0.0555. The van der Waals surface area contributed by atoms with Crippen LogP contribution in [0.1, 0.15) is 81.0 Å².